The molecule has 12 heteroatoms. The number of carbonyl (C=O) groups excluding carboxylic acids is 2. The summed E-state index contributed by atoms with van der Waals surface area (Å²) in [6, 6.07) is 7.03. The fraction of sp³-hybridized carbons (Fsp3) is 0.500. The lowest BCUT2D eigenvalue weighted by Crippen LogP contribution is -2.47. The van der Waals surface area contributed by atoms with Crippen molar-refractivity contribution < 1.29 is 18.4 Å². The van der Waals surface area contributed by atoms with Crippen LogP contribution >= 0.6 is 0 Å². The monoisotopic (exact) mass is 499 g/mol. The van der Waals surface area contributed by atoms with Gasteiger partial charge >= 0.3 is 0 Å². The summed E-state index contributed by atoms with van der Waals surface area (Å²) in [5.74, 6) is 0.240. The van der Waals surface area contributed by atoms with Crippen LogP contribution in [-0.2, 0) is 4.79 Å². The summed E-state index contributed by atoms with van der Waals surface area (Å²) in [6.07, 6.45) is 1.34. The molecule has 0 unspecified atom stereocenters. The number of hydrogen-bond acceptors (Lipinski definition) is 7. The van der Waals surface area contributed by atoms with E-state index in [1.165, 1.54) is 0 Å². The smallest absolute Gasteiger partial charge is 0.255 e. The highest BCUT2D eigenvalue weighted by atomic mass is 19.3. The van der Waals surface area contributed by atoms with E-state index in [2.05, 4.69) is 37.9 Å². The van der Waals surface area contributed by atoms with Gasteiger partial charge in [0.05, 0.1) is 12.5 Å². The van der Waals surface area contributed by atoms with Crippen LogP contribution in [0.3, 0.4) is 0 Å². The van der Waals surface area contributed by atoms with Crippen molar-refractivity contribution >= 4 is 42.6 Å². The number of nitrogens with one attached hydrogen (secondary N) is 3. The minimum absolute atomic E-state index is 0.0245. The average Bonchev–Trinajstić information content (AvgIpc) is 3.33. The molecule has 1 aliphatic carbocycles. The molecule has 1 saturated carbocycles. The summed E-state index contributed by atoms with van der Waals surface area (Å²) in [6.45, 7) is 2.54. The molecule has 192 valence electrons. The highest BCUT2D eigenvalue weighted by Gasteiger charge is 2.33. The van der Waals surface area contributed by atoms with E-state index in [1.54, 1.807) is 18.3 Å². The maximum Gasteiger partial charge on any atom is 0.255 e. The van der Waals surface area contributed by atoms with E-state index in [0.717, 1.165) is 50.2 Å². The average molecular weight is 499 g/mol. The third kappa shape index (κ3) is 6.48. The van der Waals surface area contributed by atoms with Crippen LogP contribution in [0.25, 0.3) is 0 Å². The number of amides is 2. The highest BCUT2D eigenvalue weighted by Crippen LogP contribution is 2.28. The molecule has 2 fully saturated rings. The van der Waals surface area contributed by atoms with Gasteiger partial charge in [-0.3, -0.25) is 9.59 Å². The molecular formula is C24H32BF2N7O2. The van der Waals surface area contributed by atoms with E-state index in [1.807, 2.05) is 24.9 Å². The van der Waals surface area contributed by atoms with Crippen LogP contribution in [0.2, 0.25) is 0 Å². The number of rotatable bonds is 8. The van der Waals surface area contributed by atoms with Gasteiger partial charge in [0, 0.05) is 49.7 Å². The number of hydrogen-bond donors (Lipinski definition) is 3. The summed E-state index contributed by atoms with van der Waals surface area (Å²) in [5.41, 5.74) is 2.19. The molecule has 4 rings (SSSR count). The maximum atomic E-state index is 12.8. The Morgan fingerprint density at radius 2 is 1.86 bits per heavy atom. The molecule has 2 aromatic rings. The van der Waals surface area contributed by atoms with Crippen LogP contribution in [0.1, 0.15) is 29.6 Å². The number of alkyl halides is 2. The summed E-state index contributed by atoms with van der Waals surface area (Å²) in [7, 11) is 3.92. The predicted molar refractivity (Wildman–Crippen MR) is 137 cm³/mol. The lowest BCUT2D eigenvalue weighted by atomic mass is 9.97. The van der Waals surface area contributed by atoms with Crippen molar-refractivity contribution in [3.8, 4) is 0 Å². The number of piperazine rings is 1. The third-order valence-electron chi connectivity index (χ3n) is 6.76. The zero-order valence-electron chi connectivity index (χ0n) is 20.6. The van der Waals surface area contributed by atoms with Crippen LogP contribution in [0.5, 0.6) is 0 Å². The second-order valence-corrected chi connectivity index (χ2v) is 9.45. The van der Waals surface area contributed by atoms with E-state index < -0.39 is 13.0 Å². The van der Waals surface area contributed by atoms with Gasteiger partial charge in [-0.1, -0.05) is 6.42 Å². The summed E-state index contributed by atoms with van der Waals surface area (Å²) in [4.78, 5) is 38.1. The zero-order valence-corrected chi connectivity index (χ0v) is 20.6. The predicted octanol–water partition coefficient (Wildman–Crippen LogP) is 0.828. The van der Waals surface area contributed by atoms with Gasteiger partial charge in [-0.2, -0.15) is 4.98 Å². The Balaban J connectivity index is 1.38. The van der Waals surface area contributed by atoms with Crippen molar-refractivity contribution in [2.75, 3.05) is 50.4 Å². The van der Waals surface area contributed by atoms with Crippen molar-refractivity contribution in [2.45, 2.75) is 31.7 Å². The molecule has 1 aromatic carbocycles. The van der Waals surface area contributed by atoms with Crippen LogP contribution in [0, 0.1) is 5.92 Å². The fourth-order valence-corrected chi connectivity index (χ4v) is 4.60. The van der Waals surface area contributed by atoms with Crippen molar-refractivity contribution in [3.05, 3.63) is 36.0 Å². The van der Waals surface area contributed by atoms with E-state index in [4.69, 9.17) is 0 Å². The minimum atomic E-state index is -2.57. The van der Waals surface area contributed by atoms with Gasteiger partial charge in [0.2, 0.25) is 11.9 Å². The molecule has 3 N–H and O–H groups in total. The molecule has 0 spiro atoms. The standard InChI is InChI=1S/C24H32BF2N7O2/c1-33-9-11-34(12-10-33)23(36)15-5-7-16(8-6-15)30-24-29-13-18(25)21(32-24)31-19-4-2-3-17(19)22(35)28-14-20(26)27/h5-8,13,17,19-20H,2-4,9-12,14,25H2,1H3,(H,28,35)(H2,29,30,31,32)/t17-,19+/m0/s1. The van der Waals surface area contributed by atoms with Crippen LogP contribution in [0.15, 0.2) is 30.5 Å². The topological polar surface area (TPSA) is 102 Å². The van der Waals surface area contributed by atoms with Gasteiger partial charge in [-0.15, -0.1) is 0 Å². The van der Waals surface area contributed by atoms with Crippen molar-refractivity contribution in [1.82, 2.24) is 25.1 Å². The number of halogens is 2. The Bertz CT molecular complexity index is 1060. The lowest BCUT2D eigenvalue weighted by Gasteiger charge is -2.32. The molecule has 36 heavy (non-hydrogen) atoms. The largest absolute Gasteiger partial charge is 0.367 e. The van der Waals surface area contributed by atoms with E-state index in [-0.39, 0.29) is 23.8 Å². The first-order chi connectivity index (χ1) is 17.3. The molecule has 2 atom stereocenters. The van der Waals surface area contributed by atoms with Gasteiger partial charge in [0.25, 0.3) is 12.3 Å². The van der Waals surface area contributed by atoms with Crippen LogP contribution in [-0.4, -0.2) is 91.7 Å². The third-order valence-corrected chi connectivity index (χ3v) is 6.76. The molecular weight excluding hydrogens is 467 g/mol. The molecule has 1 saturated heterocycles. The van der Waals surface area contributed by atoms with Crippen LogP contribution < -0.4 is 21.4 Å². The quantitative estimate of drug-likeness (QED) is 0.463. The van der Waals surface area contributed by atoms with E-state index in [0.29, 0.717) is 23.8 Å². The summed E-state index contributed by atoms with van der Waals surface area (Å²) < 4.78 is 25.0. The van der Waals surface area contributed by atoms with Crippen molar-refractivity contribution in [3.63, 3.8) is 0 Å². The Labute approximate surface area is 210 Å². The second kappa shape index (κ2) is 11.6. The SMILES string of the molecule is Bc1cnc(Nc2ccc(C(=O)N3CCN(C)CC3)cc2)nc1N[C@@H]1CCC[C@@H]1C(=O)NCC(F)F. The van der Waals surface area contributed by atoms with Crippen molar-refractivity contribution in [2.24, 2.45) is 5.92 Å². The lowest BCUT2D eigenvalue weighted by molar-refractivity contribution is -0.125. The normalized spacial score (nSPS) is 20.4. The molecule has 2 aliphatic rings. The van der Waals surface area contributed by atoms with Gasteiger partial charge in [-0.05, 0) is 49.6 Å². The number of likely N-dealkylation sites (N-methyl/N-ethyl adjacent to an activating group) is 1. The highest BCUT2D eigenvalue weighted by molar-refractivity contribution is 6.35. The van der Waals surface area contributed by atoms with Crippen LogP contribution in [0.4, 0.5) is 26.2 Å². The first-order valence-electron chi connectivity index (χ1n) is 12.3. The molecule has 0 bridgehead atoms. The summed E-state index contributed by atoms with van der Waals surface area (Å²) >= 11 is 0. The Hall–Kier alpha value is -3.28. The zero-order chi connectivity index (χ0) is 25.7. The molecule has 1 aromatic heterocycles. The number of nitrogens with zero attached hydrogens (tertiary/aromatic N) is 4. The molecule has 2 amide bonds. The Morgan fingerprint density at radius 1 is 1.14 bits per heavy atom. The number of carbonyl (C=O) groups is 2. The number of aromatic nitrogens is 2. The van der Waals surface area contributed by atoms with Gasteiger partial charge in [0.1, 0.15) is 13.7 Å². The van der Waals surface area contributed by atoms with Crippen molar-refractivity contribution in [1.29, 1.82) is 0 Å². The van der Waals surface area contributed by atoms with Gasteiger partial charge in [-0.25, -0.2) is 13.8 Å². The molecule has 9 nitrogen and oxygen atoms in total. The molecule has 1 aliphatic heterocycles. The second-order valence-electron chi connectivity index (χ2n) is 9.45. The Morgan fingerprint density at radius 3 is 2.56 bits per heavy atom. The minimum Gasteiger partial charge on any atom is -0.367 e. The Kier molecular flexibility index (Phi) is 8.34. The van der Waals surface area contributed by atoms with E-state index >= 15 is 0 Å². The molecule has 0 radical (unpaired) electrons. The number of benzene rings is 1. The maximum absolute atomic E-state index is 12.8. The van der Waals surface area contributed by atoms with Gasteiger partial charge in [0.15, 0.2) is 0 Å². The van der Waals surface area contributed by atoms with Gasteiger partial charge < -0.3 is 25.8 Å². The van der Waals surface area contributed by atoms with E-state index in [9.17, 15) is 18.4 Å². The fourth-order valence-electron chi connectivity index (χ4n) is 4.60. The summed E-state index contributed by atoms with van der Waals surface area (Å²) in [5, 5.41) is 8.81. The first kappa shape index (κ1) is 25.8. The number of anilines is 3. The first-order valence-corrected chi connectivity index (χ1v) is 12.3. The molecule has 2 heterocycles.